The van der Waals surface area contributed by atoms with E-state index in [4.69, 9.17) is 0 Å². The third-order valence-electron chi connectivity index (χ3n) is 15.7. The van der Waals surface area contributed by atoms with Crippen molar-refractivity contribution in [2.75, 3.05) is 4.90 Å². The molecule has 3 atom stereocenters. The van der Waals surface area contributed by atoms with Crippen LogP contribution in [0, 0.1) is 5.92 Å². The molecule has 338 valence electrons. The lowest BCUT2D eigenvalue weighted by Crippen LogP contribution is -2.74. The summed E-state index contributed by atoms with van der Waals surface area (Å²) in [6, 6.07) is 86.9. The molecular weight excluding hydrogens is 875 g/mol. The quantitative estimate of drug-likeness (QED) is 0.109. The van der Waals surface area contributed by atoms with E-state index in [0.29, 0.717) is 5.92 Å². The maximum absolute atomic E-state index is 3.02. The summed E-state index contributed by atoms with van der Waals surface area (Å²) in [6.07, 6.45) is 13.1. The van der Waals surface area contributed by atoms with Crippen molar-refractivity contribution in [3.05, 3.63) is 272 Å². The number of para-hydroxylation sites is 4. The first kappa shape index (κ1) is 41.5. The third-order valence-corrected chi connectivity index (χ3v) is 20.4. The average Bonchev–Trinajstić information content (AvgIpc) is 4.08. The lowest BCUT2D eigenvalue weighted by atomic mass is 9.84. The van der Waals surface area contributed by atoms with Crippen molar-refractivity contribution in [1.29, 1.82) is 0 Å². The van der Waals surface area contributed by atoms with Gasteiger partial charge in [-0.1, -0.05) is 201 Å². The molecular formula is C67H51N3Si. The van der Waals surface area contributed by atoms with Crippen molar-refractivity contribution in [3.63, 3.8) is 0 Å². The van der Waals surface area contributed by atoms with Gasteiger partial charge >= 0.3 is 0 Å². The Kier molecular flexibility index (Phi) is 9.72. The summed E-state index contributed by atoms with van der Waals surface area (Å²) in [5, 5.41) is 9.25. The van der Waals surface area contributed by atoms with E-state index in [2.05, 4.69) is 282 Å². The molecule has 0 N–H and O–H groups in total. The molecule has 9 aromatic carbocycles. The number of benzene rings is 9. The Labute approximate surface area is 416 Å². The minimum Gasteiger partial charge on any atom is -0.333 e. The van der Waals surface area contributed by atoms with Crippen molar-refractivity contribution in [3.8, 4) is 16.8 Å². The van der Waals surface area contributed by atoms with E-state index >= 15 is 0 Å². The number of aromatic nitrogens is 2. The fraction of sp³-hybridized carbons (Fsp3) is 0.0746. The van der Waals surface area contributed by atoms with Gasteiger partial charge in [0.15, 0.2) is 8.07 Å². The molecule has 14 rings (SSSR count). The van der Waals surface area contributed by atoms with E-state index in [1.807, 2.05) is 0 Å². The predicted octanol–water partition coefficient (Wildman–Crippen LogP) is 14.2. The highest BCUT2D eigenvalue weighted by atomic mass is 28.3. The number of hydrogen-bond acceptors (Lipinski definition) is 1. The summed E-state index contributed by atoms with van der Waals surface area (Å²) in [7, 11) is -3.02. The molecule has 0 saturated heterocycles. The topological polar surface area (TPSA) is 13.1 Å². The monoisotopic (exact) mass is 925 g/mol. The first-order valence-corrected chi connectivity index (χ1v) is 27.1. The smallest absolute Gasteiger partial charge is 0.179 e. The molecule has 0 fully saturated rings. The van der Waals surface area contributed by atoms with Crippen LogP contribution in [0.4, 0.5) is 11.4 Å². The summed E-state index contributed by atoms with van der Waals surface area (Å²) in [6.45, 7) is 2.33. The molecule has 0 bridgehead atoms. The number of nitrogens with zero attached hydrogens (tertiary/aromatic N) is 3. The molecule has 3 unspecified atom stereocenters. The zero-order valence-corrected chi connectivity index (χ0v) is 40.6. The Morgan fingerprint density at radius 1 is 0.451 bits per heavy atom. The Hall–Kier alpha value is -8.44. The third kappa shape index (κ3) is 6.41. The van der Waals surface area contributed by atoms with Gasteiger partial charge in [-0.25, -0.2) is 0 Å². The van der Waals surface area contributed by atoms with Crippen molar-refractivity contribution >= 4 is 84.7 Å². The van der Waals surface area contributed by atoms with Crippen LogP contribution in [0.3, 0.4) is 0 Å². The van der Waals surface area contributed by atoms with Crippen molar-refractivity contribution < 1.29 is 0 Å². The molecule has 2 aromatic heterocycles. The molecule has 0 spiro atoms. The summed E-state index contributed by atoms with van der Waals surface area (Å²) < 4.78 is 4.92. The molecule has 0 saturated carbocycles. The predicted molar refractivity (Wildman–Crippen MR) is 302 cm³/mol. The zero-order valence-electron chi connectivity index (χ0n) is 39.6. The Bertz CT molecular complexity index is 3910. The van der Waals surface area contributed by atoms with Gasteiger partial charge in [-0.3, -0.25) is 0 Å². The number of anilines is 2. The van der Waals surface area contributed by atoms with Crippen molar-refractivity contribution in [2.45, 2.75) is 25.3 Å². The Balaban J connectivity index is 0.970. The zero-order chi connectivity index (χ0) is 47.0. The summed E-state index contributed by atoms with van der Waals surface area (Å²) in [5.41, 5.74) is 15.1. The van der Waals surface area contributed by atoms with Crippen molar-refractivity contribution in [1.82, 2.24) is 9.13 Å². The molecule has 0 amide bonds. The normalized spacial score (nSPS) is 17.1. The van der Waals surface area contributed by atoms with E-state index < -0.39 is 8.07 Å². The molecule has 4 heteroatoms. The van der Waals surface area contributed by atoms with E-state index in [1.54, 1.807) is 0 Å². The van der Waals surface area contributed by atoms with Crippen LogP contribution in [0.15, 0.2) is 255 Å². The van der Waals surface area contributed by atoms with Gasteiger partial charge in [0.1, 0.15) is 0 Å². The minimum atomic E-state index is -3.02. The number of fused-ring (bicyclic) bond motifs is 10. The highest BCUT2D eigenvalue weighted by Crippen LogP contribution is 2.57. The van der Waals surface area contributed by atoms with Crippen LogP contribution in [0.2, 0.25) is 0 Å². The molecule has 3 aliphatic rings. The summed E-state index contributed by atoms with van der Waals surface area (Å²) in [4.78, 5) is 2.68. The molecule has 2 aliphatic carbocycles. The molecule has 3 nitrogen and oxygen atoms in total. The second-order valence-corrected chi connectivity index (χ2v) is 23.5. The fourth-order valence-corrected chi connectivity index (χ4v) is 17.5. The molecule has 1 aliphatic heterocycles. The van der Waals surface area contributed by atoms with Gasteiger partial charge in [0.25, 0.3) is 0 Å². The average molecular weight is 926 g/mol. The SMILES string of the molecule is CC1C=C(n2c3c(c4ccccc42)C2C(C=C3)c3ccccc3N2c2cccc([Si](c3ccccc3)(c3ccccc3)c3cccc(-c4ccc5c(c4)c4ccccc4n5-c4ccccc4)c3)c2)C=CC1. The van der Waals surface area contributed by atoms with Crippen LogP contribution < -0.4 is 25.6 Å². The summed E-state index contributed by atoms with van der Waals surface area (Å²) in [5.74, 6) is 0.677. The van der Waals surface area contributed by atoms with Gasteiger partial charge in [0, 0.05) is 50.4 Å². The standard InChI is InChI=1S/C67H51N3Si/c1-46-20-17-24-50(42-46)69-63-37-16-13-34-59(63)66-65(69)41-39-58-56-32-11-15-36-62(56)70(67(58)66)51-25-19-31-55(45-51)71(52-26-7-3-8-27-52,53-28-9-4-10-29-53)54-30-18-21-47(43-54)48-38-40-64-60(44-48)57-33-12-14-35-61(57)68(64)49-22-5-2-6-23-49/h2-19,21-46,58,67H,20H2,1H3. The van der Waals surface area contributed by atoms with Crippen LogP contribution in [0.25, 0.3) is 61.3 Å². The van der Waals surface area contributed by atoms with E-state index in [0.717, 1.165) is 6.42 Å². The van der Waals surface area contributed by atoms with Gasteiger partial charge in [-0.05, 0) is 117 Å². The first-order chi connectivity index (χ1) is 35.1. The number of allylic oxidation sites excluding steroid dienone is 4. The van der Waals surface area contributed by atoms with E-state index in [1.165, 1.54) is 104 Å². The van der Waals surface area contributed by atoms with E-state index in [-0.39, 0.29) is 12.0 Å². The lowest BCUT2D eigenvalue weighted by Gasteiger charge is -2.37. The van der Waals surface area contributed by atoms with Crippen LogP contribution in [-0.4, -0.2) is 17.2 Å². The largest absolute Gasteiger partial charge is 0.333 e. The van der Waals surface area contributed by atoms with Crippen molar-refractivity contribution in [2.24, 2.45) is 5.92 Å². The molecule has 0 radical (unpaired) electrons. The minimum absolute atomic E-state index is 0.0648. The fourth-order valence-electron chi connectivity index (χ4n) is 12.7. The van der Waals surface area contributed by atoms with Crippen LogP contribution in [0.1, 0.15) is 42.1 Å². The van der Waals surface area contributed by atoms with Gasteiger partial charge in [0.05, 0.1) is 28.3 Å². The Morgan fingerprint density at radius 3 is 1.80 bits per heavy atom. The van der Waals surface area contributed by atoms with Crippen LogP contribution in [0.5, 0.6) is 0 Å². The van der Waals surface area contributed by atoms with Gasteiger partial charge < -0.3 is 14.0 Å². The molecule has 71 heavy (non-hydrogen) atoms. The summed E-state index contributed by atoms with van der Waals surface area (Å²) >= 11 is 0. The maximum Gasteiger partial charge on any atom is 0.179 e. The number of rotatable bonds is 8. The molecule has 3 heterocycles. The number of hydrogen-bond donors (Lipinski definition) is 0. The molecule has 11 aromatic rings. The lowest BCUT2D eigenvalue weighted by molar-refractivity contribution is 0.669. The highest BCUT2D eigenvalue weighted by Gasteiger charge is 2.46. The van der Waals surface area contributed by atoms with Gasteiger partial charge in [0.2, 0.25) is 0 Å². The first-order valence-electron chi connectivity index (χ1n) is 25.1. The maximum atomic E-state index is 2.68. The van der Waals surface area contributed by atoms with Crippen LogP contribution >= 0.6 is 0 Å². The van der Waals surface area contributed by atoms with Gasteiger partial charge in [-0.2, -0.15) is 0 Å². The van der Waals surface area contributed by atoms with E-state index in [9.17, 15) is 0 Å². The Morgan fingerprint density at radius 2 is 1.04 bits per heavy atom. The van der Waals surface area contributed by atoms with Gasteiger partial charge in [-0.15, -0.1) is 0 Å². The second-order valence-electron chi connectivity index (χ2n) is 19.7. The highest BCUT2D eigenvalue weighted by molar-refractivity contribution is 7.20. The van der Waals surface area contributed by atoms with Crippen LogP contribution in [-0.2, 0) is 0 Å². The second kappa shape index (κ2) is 16.6.